The average Bonchev–Trinajstić information content (AvgIpc) is 2.35. The lowest BCUT2D eigenvalue weighted by atomic mass is 10.1. The maximum atomic E-state index is 11.9. The fourth-order valence-corrected chi connectivity index (χ4v) is 2.13. The Balaban J connectivity index is 2.46. The van der Waals surface area contributed by atoms with E-state index < -0.39 is 24.1 Å². The Kier molecular flexibility index (Phi) is 5.75. The van der Waals surface area contributed by atoms with Gasteiger partial charge in [0.15, 0.2) is 6.04 Å². The molecule has 1 heterocycles. The second-order valence-corrected chi connectivity index (χ2v) is 4.97. The van der Waals surface area contributed by atoms with E-state index in [-0.39, 0.29) is 11.9 Å². The minimum Gasteiger partial charge on any atom is -0.480 e. The Morgan fingerprint density at radius 2 is 1.80 bits per heavy atom. The first kappa shape index (κ1) is 16.2. The molecule has 0 radical (unpaired) electrons. The third-order valence-corrected chi connectivity index (χ3v) is 3.22. The van der Waals surface area contributed by atoms with Crippen LogP contribution in [0.2, 0.25) is 0 Å². The molecule has 0 unspecified atom stereocenters. The quantitative estimate of drug-likeness (QED) is 0.536. The van der Waals surface area contributed by atoms with Gasteiger partial charge in [0.25, 0.3) is 0 Å². The minimum absolute atomic E-state index is 0.0450. The molecule has 2 atom stereocenters. The molecule has 20 heavy (non-hydrogen) atoms. The van der Waals surface area contributed by atoms with Gasteiger partial charge in [0.1, 0.15) is 0 Å². The fraction of sp³-hybridized carbons (Fsp3) is 0.750. The first-order valence-corrected chi connectivity index (χ1v) is 6.54. The third kappa shape index (κ3) is 4.69. The van der Waals surface area contributed by atoms with Gasteiger partial charge in [-0.3, -0.25) is 4.79 Å². The van der Waals surface area contributed by atoms with E-state index in [4.69, 9.17) is 5.11 Å². The van der Waals surface area contributed by atoms with Crippen molar-refractivity contribution >= 4 is 17.9 Å². The number of hydrogen-bond donors (Lipinski definition) is 4. The zero-order chi connectivity index (χ0) is 15.3. The SMILES string of the molecule is CC(=O)NC1CCN(C(=O)N[C@H](C(=O)O)[C@@H](C)O)CC1. The largest absolute Gasteiger partial charge is 0.480 e. The van der Waals surface area contributed by atoms with Crippen LogP contribution in [-0.2, 0) is 9.59 Å². The van der Waals surface area contributed by atoms with E-state index >= 15 is 0 Å². The number of likely N-dealkylation sites (tertiary alicyclic amines) is 1. The Morgan fingerprint density at radius 3 is 2.20 bits per heavy atom. The lowest BCUT2D eigenvalue weighted by Gasteiger charge is -2.33. The lowest BCUT2D eigenvalue weighted by Crippen LogP contribution is -2.55. The number of carboxylic acid groups (broad SMARTS) is 1. The maximum absolute atomic E-state index is 11.9. The molecule has 8 nitrogen and oxygen atoms in total. The minimum atomic E-state index is -1.32. The molecule has 1 saturated heterocycles. The summed E-state index contributed by atoms with van der Waals surface area (Å²) in [6, 6.07) is -1.79. The number of amides is 3. The molecule has 1 aliphatic rings. The second kappa shape index (κ2) is 7.09. The molecule has 1 aliphatic heterocycles. The highest BCUT2D eigenvalue weighted by atomic mass is 16.4. The Labute approximate surface area is 117 Å². The number of aliphatic hydroxyl groups is 1. The van der Waals surface area contributed by atoms with Gasteiger partial charge in [-0.2, -0.15) is 0 Å². The van der Waals surface area contributed by atoms with Crippen molar-refractivity contribution in [1.82, 2.24) is 15.5 Å². The molecule has 0 aliphatic carbocycles. The third-order valence-electron chi connectivity index (χ3n) is 3.22. The molecule has 114 valence electrons. The van der Waals surface area contributed by atoms with Crippen molar-refractivity contribution in [3.63, 3.8) is 0 Å². The number of piperidine rings is 1. The topological polar surface area (TPSA) is 119 Å². The smallest absolute Gasteiger partial charge is 0.328 e. The molecule has 0 aromatic heterocycles. The molecular weight excluding hydrogens is 266 g/mol. The standard InChI is InChI=1S/C12H21N3O5/c1-7(16)10(11(18)19)14-12(20)15-5-3-9(4-6-15)13-8(2)17/h7,9-10,16H,3-6H2,1-2H3,(H,13,17)(H,14,20)(H,18,19)/t7-,10+/m1/s1. The van der Waals surface area contributed by atoms with Crippen molar-refractivity contribution < 1.29 is 24.6 Å². The van der Waals surface area contributed by atoms with Gasteiger partial charge in [-0.05, 0) is 19.8 Å². The van der Waals surface area contributed by atoms with Crippen molar-refractivity contribution in [2.75, 3.05) is 13.1 Å². The van der Waals surface area contributed by atoms with Crippen LogP contribution in [0.5, 0.6) is 0 Å². The number of nitrogens with one attached hydrogen (secondary N) is 2. The average molecular weight is 287 g/mol. The summed E-state index contributed by atoms with van der Waals surface area (Å²) in [7, 11) is 0. The molecular formula is C12H21N3O5. The van der Waals surface area contributed by atoms with Gasteiger partial charge in [-0.1, -0.05) is 0 Å². The number of aliphatic hydroxyl groups excluding tert-OH is 1. The van der Waals surface area contributed by atoms with Gasteiger partial charge < -0.3 is 25.7 Å². The summed E-state index contributed by atoms with van der Waals surface area (Å²) >= 11 is 0. The number of hydrogen-bond acceptors (Lipinski definition) is 4. The van der Waals surface area contributed by atoms with Crippen molar-refractivity contribution in [3.8, 4) is 0 Å². The number of urea groups is 1. The summed E-state index contributed by atoms with van der Waals surface area (Å²) in [6.07, 6.45) is 0.0760. The summed E-state index contributed by atoms with van der Waals surface area (Å²) in [5, 5.41) is 23.3. The zero-order valence-electron chi connectivity index (χ0n) is 11.6. The molecule has 1 rings (SSSR count). The van der Waals surface area contributed by atoms with Crippen molar-refractivity contribution in [1.29, 1.82) is 0 Å². The monoisotopic (exact) mass is 287 g/mol. The highest BCUT2D eigenvalue weighted by molar-refractivity contribution is 5.83. The summed E-state index contributed by atoms with van der Waals surface area (Å²) in [4.78, 5) is 35.2. The van der Waals surface area contributed by atoms with Crippen LogP contribution in [0.15, 0.2) is 0 Å². The van der Waals surface area contributed by atoms with Crippen LogP contribution in [0.1, 0.15) is 26.7 Å². The van der Waals surface area contributed by atoms with Gasteiger partial charge in [0.2, 0.25) is 5.91 Å². The summed E-state index contributed by atoms with van der Waals surface area (Å²) < 4.78 is 0. The van der Waals surface area contributed by atoms with Crippen LogP contribution in [-0.4, -0.2) is 64.3 Å². The predicted molar refractivity (Wildman–Crippen MR) is 70.0 cm³/mol. The molecule has 0 aromatic rings. The molecule has 8 heteroatoms. The van der Waals surface area contributed by atoms with Crippen LogP contribution >= 0.6 is 0 Å². The zero-order valence-corrected chi connectivity index (χ0v) is 11.6. The summed E-state index contributed by atoms with van der Waals surface area (Å²) in [6.45, 7) is 3.62. The number of carbonyl (C=O) groups is 3. The van der Waals surface area contributed by atoms with Crippen LogP contribution < -0.4 is 10.6 Å². The van der Waals surface area contributed by atoms with E-state index in [1.165, 1.54) is 18.7 Å². The van der Waals surface area contributed by atoms with Gasteiger partial charge in [-0.25, -0.2) is 9.59 Å². The van der Waals surface area contributed by atoms with E-state index in [1.807, 2.05) is 0 Å². The normalized spacial score (nSPS) is 19.1. The molecule has 0 spiro atoms. The van der Waals surface area contributed by atoms with E-state index in [1.54, 1.807) is 0 Å². The Bertz CT molecular complexity index is 377. The van der Waals surface area contributed by atoms with Crippen LogP contribution in [0, 0.1) is 0 Å². The van der Waals surface area contributed by atoms with Crippen LogP contribution in [0.3, 0.4) is 0 Å². The molecule has 0 saturated carbocycles. The number of carboxylic acids is 1. The Morgan fingerprint density at radius 1 is 1.25 bits per heavy atom. The van der Waals surface area contributed by atoms with Crippen LogP contribution in [0.4, 0.5) is 4.79 Å². The van der Waals surface area contributed by atoms with E-state index in [0.29, 0.717) is 25.9 Å². The molecule has 3 amide bonds. The fourth-order valence-electron chi connectivity index (χ4n) is 2.13. The van der Waals surface area contributed by atoms with E-state index in [2.05, 4.69) is 10.6 Å². The van der Waals surface area contributed by atoms with E-state index in [0.717, 1.165) is 0 Å². The lowest BCUT2D eigenvalue weighted by molar-refractivity contribution is -0.141. The molecule has 4 N–H and O–H groups in total. The molecule has 1 fully saturated rings. The van der Waals surface area contributed by atoms with Crippen molar-refractivity contribution in [3.05, 3.63) is 0 Å². The highest BCUT2D eigenvalue weighted by Crippen LogP contribution is 2.10. The number of nitrogens with zero attached hydrogens (tertiary/aromatic N) is 1. The Hall–Kier alpha value is -1.83. The first-order chi connectivity index (χ1) is 9.31. The first-order valence-electron chi connectivity index (χ1n) is 6.54. The number of carbonyl (C=O) groups excluding carboxylic acids is 2. The highest BCUT2D eigenvalue weighted by Gasteiger charge is 2.29. The summed E-state index contributed by atoms with van der Waals surface area (Å²) in [5.74, 6) is -1.38. The van der Waals surface area contributed by atoms with Gasteiger partial charge in [0.05, 0.1) is 6.10 Å². The van der Waals surface area contributed by atoms with E-state index in [9.17, 15) is 19.5 Å². The summed E-state index contributed by atoms with van der Waals surface area (Å²) in [5.41, 5.74) is 0. The van der Waals surface area contributed by atoms with Gasteiger partial charge >= 0.3 is 12.0 Å². The number of aliphatic carboxylic acids is 1. The molecule has 0 aromatic carbocycles. The van der Waals surface area contributed by atoms with Gasteiger partial charge in [0, 0.05) is 26.1 Å². The maximum Gasteiger partial charge on any atom is 0.328 e. The molecule has 0 bridgehead atoms. The van der Waals surface area contributed by atoms with Crippen LogP contribution in [0.25, 0.3) is 0 Å². The second-order valence-electron chi connectivity index (χ2n) is 4.97. The van der Waals surface area contributed by atoms with Crippen molar-refractivity contribution in [2.24, 2.45) is 0 Å². The predicted octanol–water partition coefficient (Wildman–Crippen LogP) is -0.869. The van der Waals surface area contributed by atoms with Crippen molar-refractivity contribution in [2.45, 2.75) is 44.9 Å². The number of rotatable bonds is 4. The van der Waals surface area contributed by atoms with Gasteiger partial charge in [-0.15, -0.1) is 0 Å².